The summed E-state index contributed by atoms with van der Waals surface area (Å²) in [4.78, 5) is 14.4. The van der Waals surface area contributed by atoms with Gasteiger partial charge in [-0.05, 0) is 21.5 Å². The van der Waals surface area contributed by atoms with Crippen LogP contribution < -0.4 is 4.90 Å². The smallest absolute Gasteiger partial charge is 0.261 e. The molecule has 1 aromatic carbocycles. The number of hydrogen-bond acceptors (Lipinski definition) is 3. The van der Waals surface area contributed by atoms with E-state index in [-0.39, 0.29) is 5.91 Å². The number of amides is 1. The van der Waals surface area contributed by atoms with Gasteiger partial charge in [0, 0.05) is 13.7 Å². The molecule has 6 heteroatoms. The molecule has 1 amide bonds. The monoisotopic (exact) mass is 335 g/mol. The van der Waals surface area contributed by atoms with E-state index in [0.29, 0.717) is 13.1 Å². The molecule has 0 fully saturated rings. The van der Waals surface area contributed by atoms with Crippen molar-refractivity contribution in [3.05, 3.63) is 46.6 Å². The lowest BCUT2D eigenvalue weighted by atomic mass is 10.1. The van der Waals surface area contributed by atoms with Gasteiger partial charge in [0.15, 0.2) is 6.10 Å². The molecule has 2 heterocycles. The fraction of sp³-hybridized carbons (Fsp3) is 0.286. The number of rotatable bonds is 3. The van der Waals surface area contributed by atoms with Gasteiger partial charge in [0.2, 0.25) is 0 Å². The second-order valence-corrected chi connectivity index (χ2v) is 5.41. The first-order chi connectivity index (χ1) is 9.72. The van der Waals surface area contributed by atoms with Crippen LogP contribution in [0.2, 0.25) is 0 Å². The predicted octanol–water partition coefficient (Wildman–Crippen LogP) is 2.38. The maximum Gasteiger partial charge on any atom is 0.261 e. The van der Waals surface area contributed by atoms with Crippen LogP contribution in [0.5, 0.6) is 0 Å². The molecule has 0 radical (unpaired) electrons. The second kappa shape index (κ2) is 5.38. The van der Waals surface area contributed by atoms with Crippen LogP contribution >= 0.6 is 15.9 Å². The Morgan fingerprint density at radius 1 is 1.35 bits per heavy atom. The Kier molecular flexibility index (Phi) is 3.58. The summed E-state index contributed by atoms with van der Waals surface area (Å²) in [6.07, 6.45) is 1.11. The fourth-order valence-electron chi connectivity index (χ4n) is 2.45. The van der Waals surface area contributed by atoms with Crippen LogP contribution in [0.15, 0.2) is 41.0 Å². The van der Waals surface area contributed by atoms with Crippen molar-refractivity contribution >= 4 is 27.7 Å². The van der Waals surface area contributed by atoms with Crippen molar-refractivity contribution in [2.24, 2.45) is 0 Å². The Morgan fingerprint density at radius 2 is 2.10 bits per heavy atom. The molecule has 0 aliphatic carbocycles. The SMILES string of the molecule is COC(C(=O)N1CCn2ncc(Br)c21)c1ccccc1. The molecule has 5 nitrogen and oxygen atoms in total. The van der Waals surface area contributed by atoms with E-state index in [9.17, 15) is 4.79 Å². The van der Waals surface area contributed by atoms with E-state index in [2.05, 4.69) is 21.0 Å². The first-order valence-electron chi connectivity index (χ1n) is 6.33. The molecule has 1 aromatic heterocycles. The minimum Gasteiger partial charge on any atom is -0.367 e. The van der Waals surface area contributed by atoms with Gasteiger partial charge in [0.05, 0.1) is 17.2 Å². The number of hydrogen-bond donors (Lipinski definition) is 0. The number of halogens is 1. The number of anilines is 1. The largest absolute Gasteiger partial charge is 0.367 e. The maximum absolute atomic E-state index is 12.7. The molecule has 3 rings (SSSR count). The Bertz CT molecular complexity index is 627. The summed E-state index contributed by atoms with van der Waals surface area (Å²) < 4.78 is 8.05. The van der Waals surface area contributed by atoms with Gasteiger partial charge in [-0.3, -0.25) is 9.69 Å². The average Bonchev–Trinajstić information content (AvgIpc) is 3.04. The van der Waals surface area contributed by atoms with E-state index in [1.54, 1.807) is 18.2 Å². The number of fused-ring (bicyclic) bond motifs is 1. The molecule has 1 aliphatic rings. The zero-order valence-corrected chi connectivity index (χ0v) is 12.6. The highest BCUT2D eigenvalue weighted by atomic mass is 79.9. The molecule has 0 saturated carbocycles. The zero-order valence-electron chi connectivity index (χ0n) is 11.0. The van der Waals surface area contributed by atoms with E-state index >= 15 is 0 Å². The van der Waals surface area contributed by atoms with Gasteiger partial charge in [0.25, 0.3) is 5.91 Å². The molecule has 104 valence electrons. The summed E-state index contributed by atoms with van der Waals surface area (Å²) in [6.45, 7) is 1.32. The van der Waals surface area contributed by atoms with Crippen molar-refractivity contribution in [2.75, 3.05) is 18.6 Å². The lowest BCUT2D eigenvalue weighted by molar-refractivity contribution is -0.128. The van der Waals surface area contributed by atoms with E-state index in [1.165, 1.54) is 0 Å². The number of benzene rings is 1. The van der Waals surface area contributed by atoms with Gasteiger partial charge in [-0.2, -0.15) is 5.10 Å². The van der Waals surface area contributed by atoms with Crippen LogP contribution in [0.1, 0.15) is 11.7 Å². The quantitative estimate of drug-likeness (QED) is 0.865. The fourth-order valence-corrected chi connectivity index (χ4v) is 2.96. The third kappa shape index (κ3) is 2.14. The topological polar surface area (TPSA) is 47.4 Å². The molecule has 2 aromatic rings. The minimum absolute atomic E-state index is 0.0707. The van der Waals surface area contributed by atoms with Crippen LogP contribution in [0, 0.1) is 0 Å². The molecule has 0 spiro atoms. The Hall–Kier alpha value is -1.66. The van der Waals surface area contributed by atoms with E-state index in [4.69, 9.17) is 4.74 Å². The third-order valence-electron chi connectivity index (χ3n) is 3.39. The summed E-state index contributed by atoms with van der Waals surface area (Å²) in [5.74, 6) is 0.728. The number of methoxy groups -OCH3 is 1. The van der Waals surface area contributed by atoms with Gasteiger partial charge in [-0.15, -0.1) is 0 Å². The van der Waals surface area contributed by atoms with Gasteiger partial charge in [-0.25, -0.2) is 4.68 Å². The number of carbonyl (C=O) groups excluding carboxylic acids is 1. The lowest BCUT2D eigenvalue weighted by Crippen LogP contribution is -2.34. The molecular weight excluding hydrogens is 322 g/mol. The van der Waals surface area contributed by atoms with Crippen molar-refractivity contribution in [3.8, 4) is 0 Å². The van der Waals surface area contributed by atoms with Crippen molar-refractivity contribution in [1.29, 1.82) is 0 Å². The highest BCUT2D eigenvalue weighted by Gasteiger charge is 2.33. The second-order valence-electron chi connectivity index (χ2n) is 4.56. The van der Waals surface area contributed by atoms with Crippen LogP contribution in [0.3, 0.4) is 0 Å². The van der Waals surface area contributed by atoms with Gasteiger partial charge < -0.3 is 4.74 Å². The molecule has 1 aliphatic heterocycles. The summed E-state index contributed by atoms with van der Waals surface area (Å²) >= 11 is 3.44. The van der Waals surface area contributed by atoms with Crippen LogP contribution in [-0.2, 0) is 16.1 Å². The summed E-state index contributed by atoms with van der Waals surface area (Å²) in [6, 6.07) is 9.52. The number of aromatic nitrogens is 2. The van der Waals surface area contributed by atoms with Crippen LogP contribution in [0.4, 0.5) is 5.82 Å². The first kappa shape index (κ1) is 13.3. The number of ether oxygens (including phenoxy) is 1. The Balaban J connectivity index is 1.91. The number of nitrogens with zero attached hydrogens (tertiary/aromatic N) is 3. The standard InChI is InChI=1S/C14H14BrN3O2/c1-20-12(10-5-3-2-4-6-10)14(19)17-7-8-18-13(17)11(15)9-16-18/h2-6,9,12H,7-8H2,1H3. The molecule has 0 N–H and O–H groups in total. The highest BCUT2D eigenvalue weighted by molar-refractivity contribution is 9.10. The molecule has 0 saturated heterocycles. The van der Waals surface area contributed by atoms with E-state index < -0.39 is 6.10 Å². The zero-order chi connectivity index (χ0) is 14.1. The lowest BCUT2D eigenvalue weighted by Gasteiger charge is -2.22. The molecule has 1 atom stereocenters. The van der Waals surface area contributed by atoms with Crippen LogP contribution in [0.25, 0.3) is 0 Å². The molecule has 1 unspecified atom stereocenters. The molecule has 20 heavy (non-hydrogen) atoms. The van der Waals surface area contributed by atoms with Crippen molar-refractivity contribution < 1.29 is 9.53 Å². The van der Waals surface area contributed by atoms with Gasteiger partial charge in [0.1, 0.15) is 5.82 Å². The van der Waals surface area contributed by atoms with Gasteiger partial charge in [-0.1, -0.05) is 30.3 Å². The van der Waals surface area contributed by atoms with Crippen LogP contribution in [-0.4, -0.2) is 29.3 Å². The van der Waals surface area contributed by atoms with Crippen molar-refractivity contribution in [3.63, 3.8) is 0 Å². The maximum atomic E-state index is 12.7. The predicted molar refractivity (Wildman–Crippen MR) is 78.5 cm³/mol. The summed E-state index contributed by atoms with van der Waals surface area (Å²) in [7, 11) is 1.55. The van der Waals surface area contributed by atoms with Gasteiger partial charge >= 0.3 is 0 Å². The molecular formula is C14H14BrN3O2. The van der Waals surface area contributed by atoms with Crippen molar-refractivity contribution in [2.45, 2.75) is 12.6 Å². The summed E-state index contributed by atoms with van der Waals surface area (Å²) in [5, 5.41) is 4.22. The van der Waals surface area contributed by atoms with E-state index in [0.717, 1.165) is 15.9 Å². The Labute approximate surface area is 125 Å². The summed E-state index contributed by atoms with van der Waals surface area (Å²) in [5.41, 5.74) is 0.856. The average molecular weight is 336 g/mol. The third-order valence-corrected chi connectivity index (χ3v) is 3.95. The number of carbonyl (C=O) groups is 1. The first-order valence-corrected chi connectivity index (χ1v) is 7.12. The normalized spacial score (nSPS) is 15.2. The van der Waals surface area contributed by atoms with E-state index in [1.807, 2.05) is 35.0 Å². The minimum atomic E-state index is -0.593. The molecule has 0 bridgehead atoms. The Morgan fingerprint density at radius 3 is 2.80 bits per heavy atom. The van der Waals surface area contributed by atoms with Crippen molar-refractivity contribution in [1.82, 2.24) is 9.78 Å². The highest BCUT2D eigenvalue weighted by Crippen LogP contribution is 2.32.